The molecule has 0 radical (unpaired) electrons. The van der Waals surface area contributed by atoms with Gasteiger partial charge < -0.3 is 10.2 Å². The molecule has 0 aliphatic carbocycles. The Balaban J connectivity index is 3.83. The second-order valence-corrected chi connectivity index (χ2v) is 17.4. The summed E-state index contributed by atoms with van der Waals surface area (Å²) in [5.41, 5.74) is -0.860. The van der Waals surface area contributed by atoms with Gasteiger partial charge in [0, 0.05) is 6.42 Å². The van der Waals surface area contributed by atoms with Crippen molar-refractivity contribution >= 4 is 11.9 Å². The van der Waals surface area contributed by atoms with Gasteiger partial charge >= 0.3 is 11.9 Å². The number of aliphatic carboxylic acids is 2. The van der Waals surface area contributed by atoms with E-state index in [2.05, 4.69) is 13.8 Å². The fourth-order valence-corrected chi connectivity index (χ4v) is 8.48. The molecule has 0 aromatic carbocycles. The van der Waals surface area contributed by atoms with Crippen molar-refractivity contribution < 1.29 is 19.8 Å². The van der Waals surface area contributed by atoms with Crippen LogP contribution in [0.2, 0.25) is 0 Å². The van der Waals surface area contributed by atoms with Crippen LogP contribution < -0.4 is 0 Å². The molecule has 4 nitrogen and oxygen atoms in total. The molecule has 0 fully saturated rings. The Morgan fingerprint density at radius 1 is 0.302 bits per heavy atom. The maximum absolute atomic E-state index is 12.5. The van der Waals surface area contributed by atoms with Crippen molar-refractivity contribution in [1.29, 1.82) is 0 Å². The minimum Gasteiger partial charge on any atom is -0.481 e. The summed E-state index contributed by atoms with van der Waals surface area (Å²) in [4.78, 5) is 23.9. The Hall–Kier alpha value is -1.06. The molecular weight excluding hydrogens is 653 g/mol. The van der Waals surface area contributed by atoms with Crippen LogP contribution >= 0.6 is 0 Å². The summed E-state index contributed by atoms with van der Waals surface area (Å²) >= 11 is 0. The third-order valence-corrected chi connectivity index (χ3v) is 12.3. The first kappa shape index (κ1) is 51.9. The van der Waals surface area contributed by atoms with E-state index in [1.165, 1.54) is 231 Å². The second kappa shape index (κ2) is 42.1. The Morgan fingerprint density at radius 2 is 0.491 bits per heavy atom. The van der Waals surface area contributed by atoms with Crippen molar-refractivity contribution in [1.82, 2.24) is 0 Å². The average Bonchev–Trinajstić information content (AvgIpc) is 3.14. The largest absolute Gasteiger partial charge is 0.481 e. The van der Waals surface area contributed by atoms with Gasteiger partial charge in [0.25, 0.3) is 0 Å². The molecule has 316 valence electrons. The molecule has 4 heteroatoms. The normalized spacial score (nSPS) is 11.8. The van der Waals surface area contributed by atoms with Gasteiger partial charge in [-0.3, -0.25) is 9.59 Å². The molecule has 0 aliphatic heterocycles. The SMILES string of the molecule is CCCCCCCCCCCCCCCCCCCCCCC(CCCCCCCCCCCCCCCCCCCCCC)(CCC(=O)O)C(=O)O. The van der Waals surface area contributed by atoms with E-state index in [1.807, 2.05) is 0 Å². The molecule has 53 heavy (non-hydrogen) atoms. The van der Waals surface area contributed by atoms with Gasteiger partial charge in [0.15, 0.2) is 0 Å². The number of hydrogen-bond acceptors (Lipinski definition) is 2. The summed E-state index contributed by atoms with van der Waals surface area (Å²) in [6, 6.07) is 0. The summed E-state index contributed by atoms with van der Waals surface area (Å²) in [6.07, 6.45) is 55.0. The fraction of sp³-hybridized carbons (Fsp3) is 0.959. The first-order valence-electron chi connectivity index (χ1n) is 24.4. The van der Waals surface area contributed by atoms with E-state index in [-0.39, 0.29) is 12.8 Å². The van der Waals surface area contributed by atoms with E-state index >= 15 is 0 Å². The van der Waals surface area contributed by atoms with E-state index in [9.17, 15) is 19.8 Å². The lowest BCUT2D eigenvalue weighted by molar-refractivity contribution is -0.151. The quantitative estimate of drug-likeness (QED) is 0.0608. The molecule has 2 N–H and O–H groups in total. The van der Waals surface area contributed by atoms with Crippen molar-refractivity contribution in [2.24, 2.45) is 5.41 Å². The Bertz CT molecular complexity index is 705. The summed E-state index contributed by atoms with van der Waals surface area (Å²) in [5, 5.41) is 19.6. The Morgan fingerprint density at radius 3 is 0.660 bits per heavy atom. The van der Waals surface area contributed by atoms with Crippen LogP contribution in [0.15, 0.2) is 0 Å². The maximum Gasteiger partial charge on any atom is 0.309 e. The molecule has 0 heterocycles. The first-order valence-corrected chi connectivity index (χ1v) is 24.4. The smallest absolute Gasteiger partial charge is 0.309 e. The van der Waals surface area contributed by atoms with Gasteiger partial charge in [-0.15, -0.1) is 0 Å². The number of hydrogen-bond donors (Lipinski definition) is 2. The molecule has 0 saturated carbocycles. The van der Waals surface area contributed by atoms with Crippen molar-refractivity contribution in [3.8, 4) is 0 Å². The highest BCUT2D eigenvalue weighted by Crippen LogP contribution is 2.37. The molecule has 0 aromatic heterocycles. The first-order chi connectivity index (χ1) is 26.0. The highest BCUT2D eigenvalue weighted by Gasteiger charge is 2.37. The van der Waals surface area contributed by atoms with Crippen molar-refractivity contribution in [3.05, 3.63) is 0 Å². The van der Waals surface area contributed by atoms with E-state index < -0.39 is 17.4 Å². The number of unbranched alkanes of at least 4 members (excludes halogenated alkanes) is 38. The highest BCUT2D eigenvalue weighted by molar-refractivity contribution is 5.76. The van der Waals surface area contributed by atoms with Gasteiger partial charge in [0.2, 0.25) is 0 Å². The number of rotatable bonds is 46. The van der Waals surface area contributed by atoms with Crippen LogP contribution in [-0.4, -0.2) is 22.2 Å². The van der Waals surface area contributed by atoms with Crippen LogP contribution in [0.4, 0.5) is 0 Å². The third-order valence-electron chi connectivity index (χ3n) is 12.3. The molecule has 0 rings (SSSR count). The van der Waals surface area contributed by atoms with Gasteiger partial charge in [-0.25, -0.2) is 0 Å². The molecule has 0 saturated heterocycles. The average molecular weight is 749 g/mol. The van der Waals surface area contributed by atoms with Gasteiger partial charge in [-0.2, -0.15) is 0 Å². The zero-order valence-electron chi connectivity index (χ0n) is 36.3. The Kier molecular flexibility index (Phi) is 41.2. The Labute approximate surface area is 332 Å². The summed E-state index contributed by atoms with van der Waals surface area (Å²) in [7, 11) is 0. The monoisotopic (exact) mass is 749 g/mol. The van der Waals surface area contributed by atoms with Crippen LogP contribution in [-0.2, 0) is 9.59 Å². The van der Waals surface area contributed by atoms with Crippen molar-refractivity contribution in [2.75, 3.05) is 0 Å². The topological polar surface area (TPSA) is 74.6 Å². The highest BCUT2D eigenvalue weighted by atomic mass is 16.4. The van der Waals surface area contributed by atoms with Crippen LogP contribution in [0.25, 0.3) is 0 Å². The van der Waals surface area contributed by atoms with E-state index in [0.29, 0.717) is 12.8 Å². The lowest BCUT2D eigenvalue weighted by Gasteiger charge is -2.29. The van der Waals surface area contributed by atoms with Crippen LogP contribution in [0, 0.1) is 5.41 Å². The van der Waals surface area contributed by atoms with Gasteiger partial charge in [-0.1, -0.05) is 271 Å². The maximum atomic E-state index is 12.5. The molecule has 0 aliphatic rings. The minimum absolute atomic E-state index is 0.0370. The van der Waals surface area contributed by atoms with Gasteiger partial charge in [0.05, 0.1) is 5.41 Å². The second-order valence-electron chi connectivity index (χ2n) is 17.4. The van der Waals surface area contributed by atoms with Gasteiger partial charge in [0.1, 0.15) is 0 Å². The zero-order valence-corrected chi connectivity index (χ0v) is 36.3. The van der Waals surface area contributed by atoms with E-state index in [1.54, 1.807) is 0 Å². The summed E-state index contributed by atoms with van der Waals surface area (Å²) < 4.78 is 0. The lowest BCUT2D eigenvalue weighted by Crippen LogP contribution is -2.32. The van der Waals surface area contributed by atoms with E-state index in [0.717, 1.165) is 25.7 Å². The van der Waals surface area contributed by atoms with Crippen molar-refractivity contribution in [3.63, 3.8) is 0 Å². The number of carboxylic acids is 2. The van der Waals surface area contributed by atoms with E-state index in [4.69, 9.17) is 0 Å². The molecule has 0 amide bonds. The zero-order chi connectivity index (χ0) is 38.8. The standard InChI is InChI=1S/C49H96O4/c1-3-5-7-9-11-13-15-17-19-21-23-25-27-29-31-33-35-37-39-41-44-49(48(52)53,46-43-47(50)51)45-42-40-38-36-34-32-30-28-26-24-22-20-18-16-14-12-10-8-6-4-2/h3-46H2,1-2H3,(H,50,51)(H,52,53). The molecule has 0 bridgehead atoms. The minimum atomic E-state index is -0.873. The number of carboxylic acid groups (broad SMARTS) is 2. The molecule has 0 aromatic rings. The third kappa shape index (κ3) is 37.6. The molecule has 0 spiro atoms. The van der Waals surface area contributed by atoms with Crippen molar-refractivity contribution in [2.45, 2.75) is 296 Å². The van der Waals surface area contributed by atoms with Gasteiger partial charge in [-0.05, 0) is 19.3 Å². The fourth-order valence-electron chi connectivity index (χ4n) is 8.48. The molecular formula is C49H96O4. The van der Waals surface area contributed by atoms with Crippen LogP contribution in [0.3, 0.4) is 0 Å². The van der Waals surface area contributed by atoms with Crippen LogP contribution in [0.5, 0.6) is 0 Å². The predicted molar refractivity (Wildman–Crippen MR) is 232 cm³/mol. The number of carbonyl (C=O) groups is 2. The molecule has 0 atom stereocenters. The predicted octanol–water partition coefficient (Wildman–Crippen LogP) is 17.3. The lowest BCUT2D eigenvalue weighted by atomic mass is 9.74. The summed E-state index contributed by atoms with van der Waals surface area (Å²) in [6.45, 7) is 4.58. The summed E-state index contributed by atoms with van der Waals surface area (Å²) in [5.74, 6) is -1.64. The molecule has 0 unspecified atom stereocenters. The van der Waals surface area contributed by atoms with Crippen LogP contribution in [0.1, 0.15) is 296 Å².